The maximum Gasteiger partial charge on any atom is 0.177 e. The van der Waals surface area contributed by atoms with Crippen LogP contribution in [0.3, 0.4) is 0 Å². The summed E-state index contributed by atoms with van der Waals surface area (Å²) in [4.78, 5) is 14.6. The molecule has 0 spiro atoms. The Morgan fingerprint density at radius 1 is 1.21 bits per heavy atom. The monoisotopic (exact) mass is 325 g/mol. The molecule has 0 saturated heterocycles. The second-order valence-corrected chi connectivity index (χ2v) is 5.77. The Hall–Kier alpha value is -0.670. The number of hydrogen-bond donors (Lipinski definition) is 0. The molecule has 0 amide bonds. The Morgan fingerprint density at radius 2 is 1.84 bits per heavy atom. The van der Waals surface area contributed by atoms with Crippen LogP contribution in [0.15, 0.2) is 28.7 Å². The van der Waals surface area contributed by atoms with E-state index in [1.54, 1.807) is 0 Å². The van der Waals surface area contributed by atoms with Crippen LogP contribution < -0.4 is 0 Å². The zero-order chi connectivity index (χ0) is 14.3. The molecule has 0 radical (unpaired) electrons. The minimum Gasteiger partial charge on any atom is -0.296 e. The number of rotatable bonds is 8. The first-order valence-corrected chi connectivity index (χ1v) is 7.91. The van der Waals surface area contributed by atoms with E-state index < -0.39 is 0 Å². The number of benzene rings is 1. The van der Waals surface area contributed by atoms with E-state index >= 15 is 0 Å². The lowest BCUT2D eigenvalue weighted by molar-refractivity contribution is 0.0920. The van der Waals surface area contributed by atoms with E-state index in [0.29, 0.717) is 12.5 Å². The predicted molar refractivity (Wildman–Crippen MR) is 84.7 cm³/mol. The number of hydrogen-bond acceptors (Lipinski definition) is 2. The summed E-state index contributed by atoms with van der Waals surface area (Å²) in [7, 11) is 0. The molecule has 0 saturated carbocycles. The Balaban J connectivity index is 2.66. The molecule has 0 aliphatic heterocycles. The van der Waals surface area contributed by atoms with Crippen LogP contribution in [0.4, 0.5) is 0 Å². The molecule has 19 heavy (non-hydrogen) atoms. The molecule has 0 unspecified atom stereocenters. The first kappa shape index (κ1) is 16.4. The van der Waals surface area contributed by atoms with Gasteiger partial charge >= 0.3 is 0 Å². The molecular formula is C16H24BrNO. The van der Waals surface area contributed by atoms with Crippen molar-refractivity contribution >= 4 is 21.7 Å². The van der Waals surface area contributed by atoms with E-state index in [2.05, 4.69) is 41.6 Å². The van der Waals surface area contributed by atoms with E-state index in [-0.39, 0.29) is 5.78 Å². The van der Waals surface area contributed by atoms with Crippen molar-refractivity contribution in [2.45, 2.75) is 33.6 Å². The van der Waals surface area contributed by atoms with Crippen molar-refractivity contribution < 1.29 is 4.79 Å². The molecule has 0 atom stereocenters. The molecule has 0 aliphatic rings. The van der Waals surface area contributed by atoms with Crippen LogP contribution in [0, 0.1) is 5.92 Å². The van der Waals surface area contributed by atoms with Gasteiger partial charge < -0.3 is 0 Å². The number of halogens is 1. The fraction of sp³-hybridized carbons (Fsp3) is 0.562. The van der Waals surface area contributed by atoms with Crippen LogP contribution in [0.1, 0.15) is 44.0 Å². The van der Waals surface area contributed by atoms with Gasteiger partial charge in [0.2, 0.25) is 0 Å². The van der Waals surface area contributed by atoms with Gasteiger partial charge in [-0.15, -0.1) is 0 Å². The van der Waals surface area contributed by atoms with Crippen LogP contribution >= 0.6 is 15.9 Å². The molecule has 0 aromatic heterocycles. The predicted octanol–water partition coefficient (Wildman–Crippen LogP) is 4.39. The first-order chi connectivity index (χ1) is 9.12. The van der Waals surface area contributed by atoms with E-state index in [1.807, 2.05) is 24.3 Å². The Bertz CT molecular complexity index is 401. The van der Waals surface area contributed by atoms with Gasteiger partial charge in [0.05, 0.1) is 6.54 Å². The molecule has 1 aromatic rings. The van der Waals surface area contributed by atoms with Gasteiger partial charge in [-0.25, -0.2) is 0 Å². The molecule has 0 bridgehead atoms. The van der Waals surface area contributed by atoms with Gasteiger partial charge in [0.1, 0.15) is 0 Å². The summed E-state index contributed by atoms with van der Waals surface area (Å²) in [6.07, 6.45) is 2.35. The second kappa shape index (κ2) is 8.49. The molecule has 0 fully saturated rings. The summed E-state index contributed by atoms with van der Waals surface area (Å²) >= 11 is 3.45. The minimum absolute atomic E-state index is 0.195. The van der Waals surface area contributed by atoms with Gasteiger partial charge in [0.15, 0.2) is 5.78 Å². The van der Waals surface area contributed by atoms with Crippen LogP contribution in [-0.4, -0.2) is 30.3 Å². The third-order valence-corrected chi connectivity index (χ3v) is 4.35. The highest BCUT2D eigenvalue weighted by molar-refractivity contribution is 9.10. The molecular weight excluding hydrogens is 302 g/mol. The normalized spacial score (nSPS) is 11.3. The molecule has 0 aliphatic carbocycles. The van der Waals surface area contributed by atoms with E-state index in [1.165, 1.54) is 12.8 Å². The van der Waals surface area contributed by atoms with Crippen molar-refractivity contribution in [1.29, 1.82) is 0 Å². The largest absolute Gasteiger partial charge is 0.296 e. The maximum absolute atomic E-state index is 12.3. The van der Waals surface area contributed by atoms with Crippen molar-refractivity contribution in [3.63, 3.8) is 0 Å². The highest BCUT2D eigenvalue weighted by Crippen LogP contribution is 2.17. The number of likely N-dealkylation sites (N-methyl/N-ethyl adjacent to an activating group) is 1. The highest BCUT2D eigenvalue weighted by Gasteiger charge is 2.16. The molecule has 0 N–H and O–H groups in total. The van der Waals surface area contributed by atoms with Crippen molar-refractivity contribution in [2.24, 2.45) is 5.92 Å². The standard InChI is InChI=1S/C16H24BrNO/c1-4-13(5-2)11-18(6-3)12-16(19)14-9-7-8-10-15(14)17/h7-10,13H,4-6,11-12H2,1-3H3. The van der Waals surface area contributed by atoms with Gasteiger partial charge in [-0.05, 0) is 18.5 Å². The zero-order valence-corrected chi connectivity index (χ0v) is 13.7. The fourth-order valence-corrected chi connectivity index (χ4v) is 2.70. The van der Waals surface area contributed by atoms with Gasteiger partial charge in [0, 0.05) is 16.6 Å². The number of ketones is 1. The number of Topliss-reactive ketones (excluding diaryl/α,β-unsaturated/α-hetero) is 1. The SMILES string of the molecule is CCC(CC)CN(CC)CC(=O)c1ccccc1Br. The Kier molecular flexibility index (Phi) is 7.32. The van der Waals surface area contributed by atoms with Crippen molar-refractivity contribution in [2.75, 3.05) is 19.6 Å². The lowest BCUT2D eigenvalue weighted by Gasteiger charge is -2.24. The van der Waals surface area contributed by atoms with Crippen LogP contribution in [0.2, 0.25) is 0 Å². The summed E-state index contributed by atoms with van der Waals surface area (Å²) in [5.41, 5.74) is 0.783. The quantitative estimate of drug-likeness (QED) is 0.660. The third kappa shape index (κ3) is 5.07. The van der Waals surface area contributed by atoms with E-state index in [9.17, 15) is 4.79 Å². The van der Waals surface area contributed by atoms with Crippen molar-refractivity contribution in [1.82, 2.24) is 4.90 Å². The summed E-state index contributed by atoms with van der Waals surface area (Å²) in [6, 6.07) is 7.65. The topological polar surface area (TPSA) is 20.3 Å². The average Bonchev–Trinajstić information content (AvgIpc) is 2.43. The van der Waals surface area contributed by atoms with Crippen LogP contribution in [0.5, 0.6) is 0 Å². The average molecular weight is 326 g/mol. The summed E-state index contributed by atoms with van der Waals surface area (Å²) < 4.78 is 0.888. The summed E-state index contributed by atoms with van der Waals surface area (Å²) in [6.45, 7) is 9.01. The van der Waals surface area contributed by atoms with Gasteiger partial charge in [-0.3, -0.25) is 9.69 Å². The number of nitrogens with zero attached hydrogens (tertiary/aromatic N) is 1. The highest BCUT2D eigenvalue weighted by atomic mass is 79.9. The van der Waals surface area contributed by atoms with Crippen LogP contribution in [-0.2, 0) is 0 Å². The molecule has 1 aromatic carbocycles. The number of carbonyl (C=O) groups is 1. The van der Waals surface area contributed by atoms with Crippen molar-refractivity contribution in [3.05, 3.63) is 34.3 Å². The second-order valence-electron chi connectivity index (χ2n) is 4.91. The zero-order valence-electron chi connectivity index (χ0n) is 12.2. The van der Waals surface area contributed by atoms with Gasteiger partial charge in [-0.2, -0.15) is 0 Å². The Labute approximate surface area is 125 Å². The summed E-state index contributed by atoms with van der Waals surface area (Å²) in [5, 5.41) is 0. The minimum atomic E-state index is 0.195. The summed E-state index contributed by atoms with van der Waals surface area (Å²) in [5.74, 6) is 0.882. The smallest absolute Gasteiger partial charge is 0.177 e. The van der Waals surface area contributed by atoms with Gasteiger partial charge in [-0.1, -0.05) is 67.7 Å². The number of carbonyl (C=O) groups excluding carboxylic acids is 1. The molecule has 0 heterocycles. The molecule has 1 rings (SSSR count). The van der Waals surface area contributed by atoms with Gasteiger partial charge in [0.25, 0.3) is 0 Å². The van der Waals surface area contributed by atoms with Crippen LogP contribution in [0.25, 0.3) is 0 Å². The maximum atomic E-state index is 12.3. The Morgan fingerprint density at radius 3 is 2.37 bits per heavy atom. The van der Waals surface area contributed by atoms with E-state index in [0.717, 1.165) is 23.1 Å². The van der Waals surface area contributed by atoms with E-state index in [4.69, 9.17) is 0 Å². The first-order valence-electron chi connectivity index (χ1n) is 7.12. The molecule has 3 heteroatoms. The molecule has 106 valence electrons. The van der Waals surface area contributed by atoms with Crippen molar-refractivity contribution in [3.8, 4) is 0 Å². The molecule has 2 nitrogen and oxygen atoms in total. The fourth-order valence-electron chi connectivity index (χ4n) is 2.19. The lowest BCUT2D eigenvalue weighted by Crippen LogP contribution is -2.34. The third-order valence-electron chi connectivity index (χ3n) is 3.66. The lowest BCUT2D eigenvalue weighted by atomic mass is 10.0.